The zero-order valence-corrected chi connectivity index (χ0v) is 13.0. The van der Waals surface area contributed by atoms with Gasteiger partial charge >= 0.3 is 0 Å². The van der Waals surface area contributed by atoms with Gasteiger partial charge in [0.05, 0.1) is 16.7 Å². The molecule has 0 fully saturated rings. The summed E-state index contributed by atoms with van der Waals surface area (Å²) >= 11 is 0. The summed E-state index contributed by atoms with van der Waals surface area (Å²) in [7, 11) is 0. The highest BCUT2D eigenvalue weighted by Gasteiger charge is 2.30. The van der Waals surface area contributed by atoms with Crippen molar-refractivity contribution in [2.75, 3.05) is 6.54 Å². The standard InChI is InChI=1S/C14H24N4O3/c1-5-6-17-8-11(18(20)21)7-12(17)13(19)16-14(4,9-15)10(2)3/h7-8,10H,5-6,9,15H2,1-4H3,(H,16,19). The van der Waals surface area contributed by atoms with Gasteiger partial charge in [-0.05, 0) is 19.3 Å². The van der Waals surface area contributed by atoms with Crippen LogP contribution in [0.25, 0.3) is 0 Å². The molecule has 1 aromatic heterocycles. The molecule has 0 aliphatic heterocycles. The number of hydrogen-bond acceptors (Lipinski definition) is 4. The van der Waals surface area contributed by atoms with Crippen molar-refractivity contribution in [3.05, 3.63) is 28.1 Å². The number of hydrogen-bond donors (Lipinski definition) is 2. The SMILES string of the molecule is CCCn1cc([N+](=O)[O-])cc1C(=O)NC(C)(CN)C(C)C. The number of nitro groups is 1. The quantitative estimate of drug-likeness (QED) is 0.592. The maximum absolute atomic E-state index is 12.4. The highest BCUT2D eigenvalue weighted by molar-refractivity contribution is 5.94. The number of amides is 1. The van der Waals surface area contributed by atoms with E-state index in [1.54, 1.807) is 4.57 Å². The van der Waals surface area contributed by atoms with E-state index in [1.165, 1.54) is 12.3 Å². The molecule has 7 nitrogen and oxygen atoms in total. The molecule has 0 aliphatic rings. The molecule has 1 heterocycles. The molecular weight excluding hydrogens is 272 g/mol. The highest BCUT2D eigenvalue weighted by Crippen LogP contribution is 2.20. The molecular formula is C14H24N4O3. The Hall–Kier alpha value is -1.89. The van der Waals surface area contributed by atoms with E-state index < -0.39 is 10.5 Å². The van der Waals surface area contributed by atoms with Crippen LogP contribution in [-0.4, -0.2) is 27.5 Å². The average Bonchev–Trinajstić information content (AvgIpc) is 2.83. The van der Waals surface area contributed by atoms with Crippen LogP contribution in [0.3, 0.4) is 0 Å². The third-order valence-electron chi connectivity index (χ3n) is 3.89. The summed E-state index contributed by atoms with van der Waals surface area (Å²) in [6.07, 6.45) is 2.18. The van der Waals surface area contributed by atoms with Crippen molar-refractivity contribution < 1.29 is 9.72 Å². The average molecular weight is 296 g/mol. The number of nitrogens with zero attached hydrogens (tertiary/aromatic N) is 2. The van der Waals surface area contributed by atoms with Crippen LogP contribution in [0.4, 0.5) is 5.69 Å². The maximum atomic E-state index is 12.4. The Bertz CT molecular complexity index is 524. The first-order chi connectivity index (χ1) is 9.75. The Labute approximate surface area is 124 Å². The van der Waals surface area contributed by atoms with Gasteiger partial charge in [-0.25, -0.2) is 0 Å². The number of rotatable bonds is 7. The largest absolute Gasteiger partial charge is 0.344 e. The van der Waals surface area contributed by atoms with Crippen molar-refractivity contribution >= 4 is 11.6 Å². The van der Waals surface area contributed by atoms with Crippen molar-refractivity contribution in [1.82, 2.24) is 9.88 Å². The minimum Gasteiger partial charge on any atom is -0.344 e. The van der Waals surface area contributed by atoms with Gasteiger partial charge in [-0.15, -0.1) is 0 Å². The summed E-state index contributed by atoms with van der Waals surface area (Å²) in [6.45, 7) is 8.62. The van der Waals surface area contributed by atoms with Crippen molar-refractivity contribution in [2.45, 2.75) is 46.2 Å². The predicted molar refractivity (Wildman–Crippen MR) is 81.1 cm³/mol. The van der Waals surface area contributed by atoms with Gasteiger partial charge in [0, 0.05) is 19.2 Å². The Morgan fingerprint density at radius 2 is 2.19 bits per heavy atom. The molecule has 7 heteroatoms. The van der Waals surface area contributed by atoms with E-state index in [0.29, 0.717) is 18.8 Å². The fraction of sp³-hybridized carbons (Fsp3) is 0.643. The Morgan fingerprint density at radius 1 is 1.57 bits per heavy atom. The van der Waals surface area contributed by atoms with E-state index in [-0.39, 0.29) is 17.5 Å². The molecule has 1 atom stereocenters. The van der Waals surface area contributed by atoms with Gasteiger partial charge in [0.1, 0.15) is 5.69 Å². The molecule has 1 aromatic rings. The number of aromatic nitrogens is 1. The van der Waals surface area contributed by atoms with Crippen LogP contribution in [0.5, 0.6) is 0 Å². The van der Waals surface area contributed by atoms with Gasteiger partial charge in [-0.1, -0.05) is 20.8 Å². The molecule has 3 N–H and O–H groups in total. The first kappa shape index (κ1) is 17.2. The van der Waals surface area contributed by atoms with E-state index in [4.69, 9.17) is 5.73 Å². The lowest BCUT2D eigenvalue weighted by Crippen LogP contribution is -2.55. The summed E-state index contributed by atoms with van der Waals surface area (Å²) in [5.41, 5.74) is 5.43. The van der Waals surface area contributed by atoms with Crippen molar-refractivity contribution in [1.29, 1.82) is 0 Å². The zero-order valence-electron chi connectivity index (χ0n) is 13.0. The second kappa shape index (κ2) is 6.71. The van der Waals surface area contributed by atoms with Crippen molar-refractivity contribution in [3.63, 3.8) is 0 Å². The van der Waals surface area contributed by atoms with E-state index in [2.05, 4.69) is 5.32 Å². The number of nitrogens with two attached hydrogens (primary N) is 1. The minimum atomic E-state index is -0.548. The van der Waals surface area contributed by atoms with Crippen LogP contribution in [0, 0.1) is 16.0 Å². The topological polar surface area (TPSA) is 103 Å². The summed E-state index contributed by atoms with van der Waals surface area (Å²) in [6, 6.07) is 1.31. The molecule has 0 saturated heterocycles. The maximum Gasteiger partial charge on any atom is 0.287 e. The molecule has 1 amide bonds. The monoisotopic (exact) mass is 296 g/mol. The molecule has 0 spiro atoms. The fourth-order valence-corrected chi connectivity index (χ4v) is 1.97. The van der Waals surface area contributed by atoms with Crippen LogP contribution in [-0.2, 0) is 6.54 Å². The fourth-order valence-electron chi connectivity index (χ4n) is 1.97. The van der Waals surface area contributed by atoms with Crippen LogP contribution in [0.15, 0.2) is 12.3 Å². The Morgan fingerprint density at radius 3 is 2.62 bits per heavy atom. The van der Waals surface area contributed by atoms with E-state index in [1.807, 2.05) is 27.7 Å². The van der Waals surface area contributed by atoms with Crippen LogP contribution >= 0.6 is 0 Å². The van der Waals surface area contributed by atoms with Gasteiger partial charge in [0.2, 0.25) is 0 Å². The van der Waals surface area contributed by atoms with Gasteiger partial charge < -0.3 is 15.6 Å². The smallest absolute Gasteiger partial charge is 0.287 e. The highest BCUT2D eigenvalue weighted by atomic mass is 16.6. The molecule has 0 saturated carbocycles. The second-order valence-electron chi connectivity index (χ2n) is 5.76. The first-order valence-electron chi connectivity index (χ1n) is 7.12. The van der Waals surface area contributed by atoms with Crippen LogP contribution in [0.1, 0.15) is 44.6 Å². The second-order valence-corrected chi connectivity index (χ2v) is 5.76. The molecule has 0 aliphatic carbocycles. The summed E-state index contributed by atoms with van der Waals surface area (Å²) < 4.78 is 1.62. The lowest BCUT2D eigenvalue weighted by molar-refractivity contribution is -0.384. The van der Waals surface area contributed by atoms with E-state index in [9.17, 15) is 14.9 Å². The summed E-state index contributed by atoms with van der Waals surface area (Å²) in [4.78, 5) is 22.8. The van der Waals surface area contributed by atoms with Crippen molar-refractivity contribution in [3.8, 4) is 0 Å². The zero-order chi connectivity index (χ0) is 16.2. The molecule has 21 heavy (non-hydrogen) atoms. The van der Waals surface area contributed by atoms with E-state index >= 15 is 0 Å². The number of aryl methyl sites for hydroxylation is 1. The van der Waals surface area contributed by atoms with Crippen molar-refractivity contribution in [2.24, 2.45) is 11.7 Å². The molecule has 1 unspecified atom stereocenters. The Kier molecular flexibility index (Phi) is 5.48. The first-order valence-corrected chi connectivity index (χ1v) is 7.12. The lowest BCUT2D eigenvalue weighted by Gasteiger charge is -2.33. The third-order valence-corrected chi connectivity index (χ3v) is 3.89. The summed E-state index contributed by atoms with van der Waals surface area (Å²) in [5.74, 6) is -0.186. The molecule has 0 aromatic carbocycles. The normalized spacial score (nSPS) is 14.0. The minimum absolute atomic E-state index is 0.0763. The molecule has 0 radical (unpaired) electrons. The van der Waals surface area contributed by atoms with Gasteiger partial charge in [0.25, 0.3) is 11.6 Å². The van der Waals surface area contributed by atoms with Crippen LogP contribution in [0.2, 0.25) is 0 Å². The van der Waals surface area contributed by atoms with Gasteiger partial charge in [0.15, 0.2) is 0 Å². The Balaban J connectivity index is 3.08. The lowest BCUT2D eigenvalue weighted by atomic mass is 9.88. The molecule has 118 valence electrons. The summed E-state index contributed by atoms with van der Waals surface area (Å²) in [5, 5.41) is 13.8. The number of nitrogens with one attached hydrogen (secondary N) is 1. The number of carbonyl (C=O) groups is 1. The molecule has 0 bridgehead atoms. The molecule has 1 rings (SSSR count). The van der Waals surface area contributed by atoms with E-state index in [0.717, 1.165) is 6.42 Å². The third kappa shape index (κ3) is 3.81. The van der Waals surface area contributed by atoms with Gasteiger partial charge in [-0.2, -0.15) is 0 Å². The van der Waals surface area contributed by atoms with Gasteiger partial charge in [-0.3, -0.25) is 14.9 Å². The number of carbonyl (C=O) groups excluding carboxylic acids is 1. The predicted octanol–water partition coefficient (Wildman–Crippen LogP) is 1.91. The van der Waals surface area contributed by atoms with Crippen LogP contribution < -0.4 is 11.1 Å².